The van der Waals surface area contributed by atoms with Gasteiger partial charge >= 0.3 is 0 Å². The maximum Gasteiger partial charge on any atom is -0.00489 e. The molecular weight excluding hydrogens is 148 g/mol. The first-order valence-corrected chi connectivity index (χ1v) is 4.94. The van der Waals surface area contributed by atoms with Crippen LogP contribution in [-0.2, 0) is 0 Å². The van der Waals surface area contributed by atoms with Crippen molar-refractivity contribution in [3.8, 4) is 0 Å². The molecule has 0 saturated heterocycles. The van der Waals surface area contributed by atoms with Gasteiger partial charge in [0.05, 0.1) is 0 Å². The minimum Gasteiger partial charge on any atom is -0.462 e. The summed E-state index contributed by atoms with van der Waals surface area (Å²) in [7, 11) is 5.93. The highest BCUT2D eigenvalue weighted by Gasteiger charge is 2.19. The van der Waals surface area contributed by atoms with E-state index in [4.69, 9.17) is 5.73 Å². The molecule has 0 aromatic carbocycles. The van der Waals surface area contributed by atoms with Crippen LogP contribution in [0.3, 0.4) is 0 Å². The molecule has 1 aliphatic carbocycles. The molecule has 2 nitrogen and oxygen atoms in total. The third-order valence-electron chi connectivity index (χ3n) is 2.87. The highest BCUT2D eigenvalue weighted by atomic mass is 15.1. The standard InChI is InChI=1S/C10H21N2/c1-12(2)8-10-5-3-9(7-11)4-6-10/h9-10H,1,3-8,11H2,2H3/q-1. The summed E-state index contributed by atoms with van der Waals surface area (Å²) in [6, 6.07) is 0. The van der Waals surface area contributed by atoms with E-state index in [-0.39, 0.29) is 0 Å². The van der Waals surface area contributed by atoms with Crippen LogP contribution in [-0.4, -0.2) is 25.0 Å². The van der Waals surface area contributed by atoms with Crippen molar-refractivity contribution >= 4 is 0 Å². The molecule has 0 aromatic rings. The molecule has 0 unspecified atom stereocenters. The summed E-state index contributed by atoms with van der Waals surface area (Å²) in [5.41, 5.74) is 5.63. The van der Waals surface area contributed by atoms with Crippen LogP contribution in [0.5, 0.6) is 0 Å². The Labute approximate surface area is 76.1 Å². The molecule has 0 radical (unpaired) electrons. The van der Waals surface area contributed by atoms with Gasteiger partial charge in [0.15, 0.2) is 0 Å². The predicted molar refractivity (Wildman–Crippen MR) is 52.5 cm³/mol. The van der Waals surface area contributed by atoms with Crippen molar-refractivity contribution < 1.29 is 0 Å². The van der Waals surface area contributed by atoms with Crippen LogP contribution >= 0.6 is 0 Å². The molecule has 0 amide bonds. The number of hydrogen-bond donors (Lipinski definition) is 1. The van der Waals surface area contributed by atoms with Crippen LogP contribution in [0.4, 0.5) is 0 Å². The van der Waals surface area contributed by atoms with Gasteiger partial charge in [-0.1, -0.05) is 0 Å². The molecule has 72 valence electrons. The average molecular weight is 169 g/mol. The maximum atomic E-state index is 5.63. The minimum atomic E-state index is 0.802. The Morgan fingerprint density at radius 3 is 2.17 bits per heavy atom. The van der Waals surface area contributed by atoms with Gasteiger partial charge in [-0.3, -0.25) is 7.05 Å². The van der Waals surface area contributed by atoms with Gasteiger partial charge < -0.3 is 10.6 Å². The van der Waals surface area contributed by atoms with E-state index in [0.29, 0.717) is 0 Å². The van der Waals surface area contributed by atoms with E-state index in [2.05, 4.69) is 14.1 Å². The molecule has 1 aliphatic rings. The van der Waals surface area contributed by atoms with Crippen LogP contribution in [0, 0.1) is 18.9 Å². The zero-order chi connectivity index (χ0) is 8.97. The molecule has 0 heterocycles. The molecule has 2 heteroatoms. The van der Waals surface area contributed by atoms with E-state index >= 15 is 0 Å². The molecule has 0 aromatic heterocycles. The highest BCUT2D eigenvalue weighted by Crippen LogP contribution is 2.28. The summed E-state index contributed by atoms with van der Waals surface area (Å²) in [5.74, 6) is 1.67. The molecule has 1 rings (SSSR count). The molecular formula is C10H21N2-. The Morgan fingerprint density at radius 1 is 1.25 bits per heavy atom. The monoisotopic (exact) mass is 169 g/mol. The number of nitrogens with zero attached hydrogens (tertiary/aromatic N) is 1. The lowest BCUT2D eigenvalue weighted by molar-refractivity contribution is 0.235. The van der Waals surface area contributed by atoms with Crippen molar-refractivity contribution in [1.82, 2.24) is 4.90 Å². The predicted octanol–water partition coefficient (Wildman–Crippen LogP) is 1.47. The van der Waals surface area contributed by atoms with Crippen molar-refractivity contribution in [3.63, 3.8) is 0 Å². The Morgan fingerprint density at radius 2 is 1.75 bits per heavy atom. The van der Waals surface area contributed by atoms with Gasteiger partial charge in [0, 0.05) is 0 Å². The molecule has 0 aliphatic heterocycles. The smallest absolute Gasteiger partial charge is 0.00489 e. The van der Waals surface area contributed by atoms with Crippen LogP contribution in [0.15, 0.2) is 0 Å². The Kier molecular flexibility index (Phi) is 4.02. The van der Waals surface area contributed by atoms with Crippen LogP contribution < -0.4 is 5.73 Å². The second-order valence-corrected chi connectivity index (χ2v) is 4.16. The van der Waals surface area contributed by atoms with Gasteiger partial charge in [-0.25, -0.2) is 0 Å². The molecule has 1 fully saturated rings. The Bertz CT molecular complexity index is 115. The first kappa shape index (κ1) is 10.0. The van der Waals surface area contributed by atoms with E-state index in [9.17, 15) is 0 Å². The molecule has 12 heavy (non-hydrogen) atoms. The van der Waals surface area contributed by atoms with Crippen molar-refractivity contribution in [3.05, 3.63) is 7.05 Å². The second-order valence-electron chi connectivity index (χ2n) is 4.16. The van der Waals surface area contributed by atoms with Crippen LogP contribution in [0.1, 0.15) is 25.7 Å². The second kappa shape index (κ2) is 4.83. The summed E-state index contributed by atoms with van der Waals surface area (Å²) >= 11 is 0. The van der Waals surface area contributed by atoms with Crippen molar-refractivity contribution in [2.45, 2.75) is 25.7 Å². The fourth-order valence-electron chi connectivity index (χ4n) is 2.09. The first-order valence-electron chi connectivity index (χ1n) is 4.94. The zero-order valence-electron chi connectivity index (χ0n) is 8.13. The van der Waals surface area contributed by atoms with Gasteiger partial charge in [0.25, 0.3) is 0 Å². The fourth-order valence-corrected chi connectivity index (χ4v) is 2.09. The molecule has 1 saturated carbocycles. The van der Waals surface area contributed by atoms with Gasteiger partial charge in [0.2, 0.25) is 0 Å². The summed E-state index contributed by atoms with van der Waals surface area (Å²) < 4.78 is 0. The zero-order valence-corrected chi connectivity index (χ0v) is 8.13. The number of nitrogens with two attached hydrogens (primary N) is 1. The molecule has 0 atom stereocenters. The summed E-state index contributed by atoms with van der Waals surface area (Å²) in [5, 5.41) is 0. The van der Waals surface area contributed by atoms with E-state index in [1.54, 1.807) is 0 Å². The third kappa shape index (κ3) is 3.11. The number of hydrogen-bond acceptors (Lipinski definition) is 2. The molecule has 0 spiro atoms. The summed E-state index contributed by atoms with van der Waals surface area (Å²) in [6.45, 7) is 2.03. The summed E-state index contributed by atoms with van der Waals surface area (Å²) in [4.78, 5) is 2.05. The van der Waals surface area contributed by atoms with Crippen LogP contribution in [0.2, 0.25) is 0 Å². The van der Waals surface area contributed by atoms with E-state index in [1.165, 1.54) is 25.7 Å². The largest absolute Gasteiger partial charge is 0.462 e. The van der Waals surface area contributed by atoms with Gasteiger partial charge in [0.1, 0.15) is 0 Å². The maximum absolute atomic E-state index is 5.63. The molecule has 0 bridgehead atoms. The Balaban J connectivity index is 2.17. The Hall–Kier alpha value is -0.0800. The van der Waals surface area contributed by atoms with Crippen molar-refractivity contribution in [1.29, 1.82) is 0 Å². The van der Waals surface area contributed by atoms with E-state index in [0.717, 1.165) is 24.9 Å². The van der Waals surface area contributed by atoms with Gasteiger partial charge in [-0.05, 0) is 57.7 Å². The normalized spacial score (nSPS) is 31.0. The highest BCUT2D eigenvalue weighted by molar-refractivity contribution is 4.74. The SMILES string of the molecule is [CH2-]N(C)CC1CCC(CN)CC1. The topological polar surface area (TPSA) is 29.3 Å². The average Bonchev–Trinajstić information content (AvgIpc) is 2.05. The van der Waals surface area contributed by atoms with E-state index < -0.39 is 0 Å². The van der Waals surface area contributed by atoms with Crippen molar-refractivity contribution in [2.24, 2.45) is 17.6 Å². The van der Waals surface area contributed by atoms with Gasteiger partial charge in [-0.15, -0.1) is 0 Å². The fraction of sp³-hybridized carbons (Fsp3) is 0.900. The van der Waals surface area contributed by atoms with Crippen LogP contribution in [0.25, 0.3) is 0 Å². The first-order chi connectivity index (χ1) is 5.72. The molecule has 2 N–H and O–H groups in total. The lowest BCUT2D eigenvalue weighted by Gasteiger charge is -2.32. The minimum absolute atomic E-state index is 0.802. The van der Waals surface area contributed by atoms with E-state index in [1.807, 2.05) is 4.90 Å². The summed E-state index contributed by atoms with van der Waals surface area (Å²) in [6.07, 6.45) is 5.35. The third-order valence-corrected chi connectivity index (χ3v) is 2.87. The van der Waals surface area contributed by atoms with Gasteiger partial charge in [-0.2, -0.15) is 0 Å². The quantitative estimate of drug-likeness (QED) is 0.648. The van der Waals surface area contributed by atoms with Crippen molar-refractivity contribution in [2.75, 3.05) is 20.1 Å². The number of rotatable bonds is 3. The lowest BCUT2D eigenvalue weighted by Crippen LogP contribution is -2.27. The lowest BCUT2D eigenvalue weighted by atomic mass is 9.82.